The third kappa shape index (κ3) is 2.53. The zero-order valence-corrected chi connectivity index (χ0v) is 11.6. The normalized spacial score (nSPS) is 10.5. The summed E-state index contributed by atoms with van der Waals surface area (Å²) in [6.45, 7) is 0. The number of halogens is 1. The minimum absolute atomic E-state index is 0.152. The summed E-state index contributed by atoms with van der Waals surface area (Å²) in [6.07, 6.45) is 1.62. The van der Waals surface area contributed by atoms with E-state index in [0.29, 0.717) is 5.76 Å². The third-order valence-electron chi connectivity index (χ3n) is 3.07. The molecule has 0 fully saturated rings. The third-order valence-corrected chi connectivity index (χ3v) is 3.24. The van der Waals surface area contributed by atoms with Crippen molar-refractivity contribution in [3.05, 3.63) is 60.1 Å². The van der Waals surface area contributed by atoms with Gasteiger partial charge in [0, 0.05) is 5.56 Å². The molecule has 0 spiro atoms. The molecular weight excluding hydrogens is 274 g/mol. The van der Waals surface area contributed by atoms with Gasteiger partial charge in [0.2, 0.25) is 0 Å². The van der Waals surface area contributed by atoms with Crippen LogP contribution in [0.15, 0.2) is 59.1 Å². The Morgan fingerprint density at radius 1 is 0.900 bits per heavy atom. The number of hydrogen-bond donors (Lipinski definition) is 0. The van der Waals surface area contributed by atoms with Gasteiger partial charge in [-0.3, -0.25) is 0 Å². The second-order valence-corrected chi connectivity index (χ2v) is 4.61. The molecule has 0 unspecified atom stereocenters. The van der Waals surface area contributed by atoms with Crippen LogP contribution in [0.5, 0.6) is 5.75 Å². The first-order valence-corrected chi connectivity index (χ1v) is 6.50. The number of ether oxygens (including phenoxy) is 1. The maximum atomic E-state index is 5.68. The predicted octanol–water partition coefficient (Wildman–Crippen LogP) is 4.67. The van der Waals surface area contributed by atoms with E-state index in [1.54, 1.807) is 13.3 Å². The Morgan fingerprint density at radius 3 is 1.95 bits per heavy atom. The maximum absolute atomic E-state index is 5.68. The monoisotopic (exact) mass is 285 g/mol. The van der Waals surface area contributed by atoms with E-state index in [1.807, 2.05) is 48.5 Å². The van der Waals surface area contributed by atoms with E-state index < -0.39 is 0 Å². The van der Waals surface area contributed by atoms with Crippen molar-refractivity contribution in [3.63, 3.8) is 0 Å². The number of methoxy groups -OCH3 is 1. The van der Waals surface area contributed by atoms with Crippen molar-refractivity contribution in [2.45, 2.75) is 0 Å². The van der Waals surface area contributed by atoms with Gasteiger partial charge in [-0.05, 0) is 34.9 Å². The molecule has 0 radical (unpaired) electrons. The van der Waals surface area contributed by atoms with E-state index in [0.717, 1.165) is 22.4 Å². The van der Waals surface area contributed by atoms with E-state index in [-0.39, 0.29) is 5.35 Å². The first-order chi connectivity index (χ1) is 9.76. The number of benzene rings is 2. The summed E-state index contributed by atoms with van der Waals surface area (Å²) in [4.78, 5) is 3.88. The van der Waals surface area contributed by atoms with E-state index in [9.17, 15) is 0 Å². The van der Waals surface area contributed by atoms with Gasteiger partial charge in [0.15, 0.2) is 5.76 Å². The average Bonchev–Trinajstić information content (AvgIpc) is 2.94. The first kappa shape index (κ1) is 12.8. The fourth-order valence-electron chi connectivity index (χ4n) is 2.00. The van der Waals surface area contributed by atoms with E-state index in [1.165, 1.54) is 0 Å². The Hall–Kier alpha value is -2.26. The van der Waals surface area contributed by atoms with Crippen molar-refractivity contribution in [2.75, 3.05) is 7.11 Å². The SMILES string of the molecule is COc1ccc(-c2ccc(-c3cnc(Cl)o3)cc2)cc1. The van der Waals surface area contributed by atoms with Gasteiger partial charge in [0.05, 0.1) is 13.3 Å². The summed E-state index contributed by atoms with van der Waals surface area (Å²) in [6, 6.07) is 16.0. The van der Waals surface area contributed by atoms with Crippen molar-refractivity contribution in [1.29, 1.82) is 0 Å². The first-order valence-electron chi connectivity index (χ1n) is 6.12. The molecule has 0 amide bonds. The van der Waals surface area contributed by atoms with Crippen LogP contribution in [-0.4, -0.2) is 12.1 Å². The molecule has 0 saturated heterocycles. The van der Waals surface area contributed by atoms with Crippen LogP contribution in [0.3, 0.4) is 0 Å². The Morgan fingerprint density at radius 2 is 1.45 bits per heavy atom. The van der Waals surface area contributed by atoms with Gasteiger partial charge in [0.1, 0.15) is 5.75 Å². The average molecular weight is 286 g/mol. The molecule has 0 N–H and O–H groups in total. The topological polar surface area (TPSA) is 35.3 Å². The molecule has 3 nitrogen and oxygen atoms in total. The van der Waals surface area contributed by atoms with Gasteiger partial charge in [-0.1, -0.05) is 36.4 Å². The lowest BCUT2D eigenvalue weighted by molar-refractivity contribution is 0.415. The lowest BCUT2D eigenvalue weighted by atomic mass is 10.0. The van der Waals surface area contributed by atoms with Crippen LogP contribution in [0.1, 0.15) is 0 Å². The second kappa shape index (κ2) is 5.39. The molecule has 1 heterocycles. The molecule has 0 aliphatic heterocycles. The van der Waals surface area contributed by atoms with Crippen LogP contribution in [0, 0.1) is 0 Å². The fourth-order valence-corrected chi connectivity index (χ4v) is 2.13. The van der Waals surface area contributed by atoms with Crippen LogP contribution in [0.25, 0.3) is 22.5 Å². The fraction of sp³-hybridized carbons (Fsp3) is 0.0625. The number of rotatable bonds is 3. The smallest absolute Gasteiger partial charge is 0.292 e. The second-order valence-electron chi connectivity index (χ2n) is 4.28. The van der Waals surface area contributed by atoms with Gasteiger partial charge >= 0.3 is 0 Å². The number of aromatic nitrogens is 1. The molecule has 0 saturated carbocycles. The summed E-state index contributed by atoms with van der Waals surface area (Å²) in [5.74, 6) is 1.51. The highest BCUT2D eigenvalue weighted by Gasteiger charge is 2.05. The van der Waals surface area contributed by atoms with Gasteiger partial charge in [-0.15, -0.1) is 0 Å². The lowest BCUT2D eigenvalue weighted by Crippen LogP contribution is -1.83. The van der Waals surface area contributed by atoms with Gasteiger partial charge < -0.3 is 9.15 Å². The summed E-state index contributed by atoms with van der Waals surface area (Å²) >= 11 is 5.68. The summed E-state index contributed by atoms with van der Waals surface area (Å²) in [5.41, 5.74) is 3.21. The molecule has 1 aromatic heterocycles. The zero-order chi connectivity index (χ0) is 13.9. The van der Waals surface area contributed by atoms with Gasteiger partial charge in [0.25, 0.3) is 5.35 Å². The molecule has 3 aromatic rings. The molecule has 2 aromatic carbocycles. The molecule has 20 heavy (non-hydrogen) atoms. The Labute approximate surface area is 121 Å². The highest BCUT2D eigenvalue weighted by atomic mass is 35.5. The number of hydrogen-bond acceptors (Lipinski definition) is 3. The number of oxazole rings is 1. The predicted molar refractivity (Wildman–Crippen MR) is 78.9 cm³/mol. The minimum atomic E-state index is 0.152. The molecule has 0 aliphatic carbocycles. The highest BCUT2D eigenvalue weighted by Crippen LogP contribution is 2.27. The van der Waals surface area contributed by atoms with E-state index in [2.05, 4.69) is 4.98 Å². The summed E-state index contributed by atoms with van der Waals surface area (Å²) in [5, 5.41) is 0.152. The molecule has 0 atom stereocenters. The van der Waals surface area contributed by atoms with Gasteiger partial charge in [-0.25, -0.2) is 4.98 Å². The van der Waals surface area contributed by atoms with Crippen LogP contribution in [0.4, 0.5) is 0 Å². The largest absolute Gasteiger partial charge is 0.497 e. The number of nitrogens with zero attached hydrogens (tertiary/aromatic N) is 1. The lowest BCUT2D eigenvalue weighted by Gasteiger charge is -2.04. The minimum Gasteiger partial charge on any atom is -0.497 e. The van der Waals surface area contributed by atoms with Crippen molar-refractivity contribution >= 4 is 11.6 Å². The van der Waals surface area contributed by atoms with E-state index in [4.69, 9.17) is 20.8 Å². The highest BCUT2D eigenvalue weighted by molar-refractivity contribution is 6.27. The van der Waals surface area contributed by atoms with Crippen LogP contribution >= 0.6 is 11.6 Å². The molecular formula is C16H12ClNO2. The molecule has 3 rings (SSSR count). The quantitative estimate of drug-likeness (QED) is 0.701. The maximum Gasteiger partial charge on any atom is 0.292 e. The van der Waals surface area contributed by atoms with Gasteiger partial charge in [-0.2, -0.15) is 0 Å². The Kier molecular flexibility index (Phi) is 3.44. The van der Waals surface area contributed by atoms with Crippen molar-refractivity contribution < 1.29 is 9.15 Å². The van der Waals surface area contributed by atoms with Crippen LogP contribution in [0.2, 0.25) is 5.35 Å². The standard InChI is InChI=1S/C16H12ClNO2/c1-19-14-8-6-12(7-9-14)11-2-4-13(5-3-11)15-10-18-16(17)20-15/h2-10H,1H3. The molecule has 4 heteroatoms. The summed E-state index contributed by atoms with van der Waals surface area (Å²) in [7, 11) is 1.66. The van der Waals surface area contributed by atoms with Crippen molar-refractivity contribution in [3.8, 4) is 28.2 Å². The molecule has 0 aliphatic rings. The Bertz CT molecular complexity index is 702. The van der Waals surface area contributed by atoms with E-state index >= 15 is 0 Å². The Balaban J connectivity index is 1.88. The molecule has 0 bridgehead atoms. The van der Waals surface area contributed by atoms with Crippen molar-refractivity contribution in [1.82, 2.24) is 4.98 Å². The van der Waals surface area contributed by atoms with Crippen LogP contribution in [-0.2, 0) is 0 Å². The summed E-state index contributed by atoms with van der Waals surface area (Å²) < 4.78 is 10.4. The zero-order valence-electron chi connectivity index (χ0n) is 10.8. The van der Waals surface area contributed by atoms with Crippen molar-refractivity contribution in [2.24, 2.45) is 0 Å². The van der Waals surface area contributed by atoms with Crippen LogP contribution < -0.4 is 4.74 Å². The molecule has 100 valence electrons.